The molecular formula is C34H36F3N7O4S. The molecule has 0 saturated carbocycles. The molecule has 2 amide bonds. The third kappa shape index (κ3) is 9.76. The summed E-state index contributed by atoms with van der Waals surface area (Å²) in [4.78, 5) is 27.6. The molecule has 15 heteroatoms. The van der Waals surface area contributed by atoms with Crippen molar-refractivity contribution in [2.45, 2.75) is 38.3 Å². The van der Waals surface area contributed by atoms with E-state index in [2.05, 4.69) is 63.5 Å². The van der Waals surface area contributed by atoms with Gasteiger partial charge in [0, 0.05) is 24.5 Å². The van der Waals surface area contributed by atoms with E-state index in [1.54, 1.807) is 20.9 Å². The maximum atomic E-state index is 12.0. The summed E-state index contributed by atoms with van der Waals surface area (Å²) in [5.74, 6) is -2.05. The first-order chi connectivity index (χ1) is 23.6. The molecular weight excluding hydrogens is 659 g/mol. The number of hydrogen-bond acceptors (Lipinski definition) is 8. The van der Waals surface area contributed by atoms with Crippen molar-refractivity contribution >= 4 is 34.1 Å². The fourth-order valence-corrected chi connectivity index (χ4v) is 6.03. The molecule has 11 nitrogen and oxygen atoms in total. The lowest BCUT2D eigenvalue weighted by molar-refractivity contribution is -0.192. The maximum Gasteiger partial charge on any atom is 0.490 e. The fourth-order valence-electron chi connectivity index (χ4n) is 5.14. The van der Waals surface area contributed by atoms with E-state index in [-0.39, 0.29) is 6.03 Å². The predicted octanol–water partition coefficient (Wildman–Crippen LogP) is 5.65. The molecule has 0 radical (unpaired) electrons. The number of aliphatic carboxylic acids is 1. The van der Waals surface area contributed by atoms with Gasteiger partial charge in [0.25, 0.3) is 0 Å². The van der Waals surface area contributed by atoms with Gasteiger partial charge in [-0.25, -0.2) is 19.3 Å². The van der Waals surface area contributed by atoms with Crippen LogP contribution in [-0.4, -0.2) is 80.9 Å². The number of halogens is 3. The van der Waals surface area contributed by atoms with Gasteiger partial charge in [0.2, 0.25) is 0 Å². The molecule has 2 aromatic heterocycles. The number of aromatic nitrogens is 4. The Labute approximate surface area is 284 Å². The van der Waals surface area contributed by atoms with Crippen molar-refractivity contribution in [3.05, 3.63) is 89.2 Å². The molecule has 258 valence electrons. The van der Waals surface area contributed by atoms with Crippen LogP contribution in [0.25, 0.3) is 27.0 Å². The van der Waals surface area contributed by atoms with E-state index in [0.29, 0.717) is 38.5 Å². The van der Waals surface area contributed by atoms with Crippen molar-refractivity contribution in [3.63, 3.8) is 0 Å². The van der Waals surface area contributed by atoms with Crippen LogP contribution < -0.4 is 15.8 Å². The second-order valence-corrected chi connectivity index (χ2v) is 12.1. The molecule has 0 unspecified atom stereocenters. The zero-order valence-corrected chi connectivity index (χ0v) is 27.3. The number of thiazole rings is 1. The minimum absolute atomic E-state index is 0.0478. The summed E-state index contributed by atoms with van der Waals surface area (Å²) in [5, 5.41) is 24.2. The summed E-state index contributed by atoms with van der Waals surface area (Å²) in [5.41, 5.74) is 10.7. The third-order valence-corrected chi connectivity index (χ3v) is 8.65. The van der Waals surface area contributed by atoms with Crippen LogP contribution in [0.1, 0.15) is 29.8 Å². The van der Waals surface area contributed by atoms with E-state index in [9.17, 15) is 18.0 Å². The number of nitrogens with one attached hydrogen (secondary N) is 1. The highest BCUT2D eigenvalue weighted by atomic mass is 32.1. The van der Waals surface area contributed by atoms with Crippen LogP contribution in [0.15, 0.2) is 72.2 Å². The molecule has 1 aliphatic heterocycles. The number of urea groups is 1. The van der Waals surface area contributed by atoms with Crippen molar-refractivity contribution in [2.24, 2.45) is 5.73 Å². The molecule has 6 rings (SSSR count). The minimum atomic E-state index is -5.08. The van der Waals surface area contributed by atoms with Crippen LogP contribution in [0.4, 0.5) is 18.0 Å². The second kappa shape index (κ2) is 16.4. The van der Waals surface area contributed by atoms with Gasteiger partial charge in [0.15, 0.2) is 0 Å². The standard InChI is InChI=1S/C32H35N7O2S.C2HF3O2/c33-14-4-3-7-26-21-39(37-36-26)28-12-13-29(30(20-28)41-18-17-38-16-15-34-32(38)40)31-35-27(22-42-31)11-9-23-8-10-24-5-1-2-6-25(24)19-23;3-2(4,5)1(6)7/h1-2,5-6,8,10,12-13,19-22H,3-4,7,9,11,14-18,33H2,(H,34,40);(H,6,7). The van der Waals surface area contributed by atoms with Crippen molar-refractivity contribution in [2.75, 3.05) is 32.8 Å². The van der Waals surface area contributed by atoms with Crippen molar-refractivity contribution in [3.8, 4) is 22.0 Å². The summed E-state index contributed by atoms with van der Waals surface area (Å²) >= 11 is 1.62. The van der Waals surface area contributed by atoms with E-state index < -0.39 is 12.1 Å². The van der Waals surface area contributed by atoms with E-state index in [1.165, 1.54) is 16.3 Å². The van der Waals surface area contributed by atoms with Gasteiger partial charge in [-0.2, -0.15) is 13.2 Å². The highest BCUT2D eigenvalue weighted by Crippen LogP contribution is 2.34. The number of carboxylic acids is 1. The van der Waals surface area contributed by atoms with Crippen LogP contribution in [0.3, 0.4) is 0 Å². The van der Waals surface area contributed by atoms with Gasteiger partial charge in [0.1, 0.15) is 17.4 Å². The number of aryl methyl sites for hydroxylation is 3. The molecule has 3 aromatic carbocycles. The second-order valence-electron chi connectivity index (χ2n) is 11.3. The summed E-state index contributed by atoms with van der Waals surface area (Å²) in [6, 6.07) is 21.1. The predicted molar refractivity (Wildman–Crippen MR) is 180 cm³/mol. The molecule has 49 heavy (non-hydrogen) atoms. The van der Waals surface area contributed by atoms with E-state index >= 15 is 0 Å². The lowest BCUT2D eigenvalue weighted by atomic mass is 10.0. The molecule has 3 heterocycles. The molecule has 0 bridgehead atoms. The Kier molecular flexibility index (Phi) is 11.8. The number of carbonyl (C=O) groups is 2. The Bertz CT molecular complexity index is 1880. The Morgan fingerprint density at radius 1 is 1.02 bits per heavy atom. The van der Waals surface area contributed by atoms with E-state index in [0.717, 1.165) is 59.8 Å². The van der Waals surface area contributed by atoms with Crippen molar-refractivity contribution in [1.29, 1.82) is 0 Å². The molecule has 1 aliphatic rings. The maximum absolute atomic E-state index is 12.0. The zero-order chi connectivity index (χ0) is 34.8. The molecule has 0 aliphatic carbocycles. The Morgan fingerprint density at radius 3 is 2.55 bits per heavy atom. The summed E-state index contributed by atoms with van der Waals surface area (Å²) < 4.78 is 39.8. The number of unbranched alkanes of at least 4 members (excludes halogenated alkanes) is 1. The van der Waals surface area contributed by atoms with Crippen LogP contribution in [0.2, 0.25) is 0 Å². The fraction of sp³-hybridized carbons (Fsp3) is 0.324. The molecule has 4 N–H and O–H groups in total. The lowest BCUT2D eigenvalue weighted by Gasteiger charge is -2.16. The van der Waals surface area contributed by atoms with Crippen LogP contribution >= 0.6 is 11.3 Å². The first kappa shape index (κ1) is 35.3. The smallest absolute Gasteiger partial charge is 0.490 e. The quantitative estimate of drug-likeness (QED) is 0.134. The number of nitrogens with zero attached hydrogens (tertiary/aromatic N) is 5. The number of nitrogens with two attached hydrogens (primary N) is 1. The number of fused-ring (bicyclic) bond motifs is 1. The van der Waals surface area contributed by atoms with E-state index in [4.69, 9.17) is 25.4 Å². The minimum Gasteiger partial charge on any atom is -0.491 e. The van der Waals surface area contributed by atoms with E-state index in [1.807, 2.05) is 24.4 Å². The molecule has 1 fully saturated rings. The van der Waals surface area contributed by atoms with Crippen LogP contribution in [0.5, 0.6) is 5.75 Å². The lowest BCUT2D eigenvalue weighted by Crippen LogP contribution is -2.31. The topological polar surface area (TPSA) is 148 Å². The summed E-state index contributed by atoms with van der Waals surface area (Å²) in [6.45, 7) is 2.93. The number of rotatable bonds is 13. The normalized spacial score (nSPS) is 12.9. The zero-order valence-electron chi connectivity index (χ0n) is 26.5. The number of benzene rings is 3. The van der Waals surface area contributed by atoms with Crippen LogP contribution in [0, 0.1) is 0 Å². The van der Waals surface area contributed by atoms with Gasteiger partial charge < -0.3 is 25.8 Å². The van der Waals surface area contributed by atoms with Gasteiger partial charge in [-0.1, -0.05) is 47.7 Å². The van der Waals surface area contributed by atoms with Gasteiger partial charge in [0.05, 0.1) is 35.4 Å². The summed E-state index contributed by atoms with van der Waals surface area (Å²) in [7, 11) is 0. The van der Waals surface area contributed by atoms with Gasteiger partial charge in [-0.3, -0.25) is 0 Å². The third-order valence-electron chi connectivity index (χ3n) is 7.73. The summed E-state index contributed by atoms with van der Waals surface area (Å²) in [6.07, 6.45) is 1.45. The average molecular weight is 696 g/mol. The average Bonchev–Trinajstić information content (AvgIpc) is 3.86. The Balaban J connectivity index is 0.000000606. The number of carbonyl (C=O) groups excluding carboxylic acids is 1. The molecule has 0 atom stereocenters. The van der Waals surface area contributed by atoms with Crippen LogP contribution in [-0.2, 0) is 24.1 Å². The largest absolute Gasteiger partial charge is 0.491 e. The van der Waals surface area contributed by atoms with Gasteiger partial charge in [-0.15, -0.1) is 16.4 Å². The number of carboxylic acid groups (broad SMARTS) is 1. The number of hydrogen-bond donors (Lipinski definition) is 3. The van der Waals surface area contributed by atoms with Gasteiger partial charge in [-0.05, 0) is 67.1 Å². The van der Waals surface area contributed by atoms with Crippen molar-refractivity contribution < 1.29 is 32.6 Å². The monoisotopic (exact) mass is 695 g/mol. The number of amides is 2. The number of ether oxygens (including phenoxy) is 1. The van der Waals surface area contributed by atoms with Gasteiger partial charge >= 0.3 is 18.2 Å². The molecule has 0 spiro atoms. The highest BCUT2D eigenvalue weighted by molar-refractivity contribution is 7.13. The van der Waals surface area contributed by atoms with Crippen molar-refractivity contribution in [1.82, 2.24) is 30.2 Å². The number of alkyl halides is 3. The molecule has 5 aromatic rings. The Morgan fingerprint density at radius 2 is 1.82 bits per heavy atom. The first-order valence-electron chi connectivity index (χ1n) is 15.7. The Hall–Kier alpha value is -5.02. The highest BCUT2D eigenvalue weighted by Gasteiger charge is 2.38. The first-order valence-corrected chi connectivity index (χ1v) is 16.6. The SMILES string of the molecule is NCCCCc1cn(-c2ccc(-c3nc(CCc4ccc5ccccc5c4)cs3)c(OCCN3CCNC3=O)c2)nn1.O=C(O)C(F)(F)F. The molecule has 1 saturated heterocycles.